The fourth-order valence-electron chi connectivity index (χ4n) is 2.30. The molecule has 0 aliphatic rings. The predicted octanol–water partition coefficient (Wildman–Crippen LogP) is 3.36. The summed E-state index contributed by atoms with van der Waals surface area (Å²) in [5.74, 6) is 0.733. The first-order valence-corrected chi connectivity index (χ1v) is 7.31. The number of benzene rings is 1. The highest BCUT2D eigenvalue weighted by atomic mass is 19.1. The molecular weight excluding hydrogens is 265 g/mol. The van der Waals surface area contributed by atoms with Crippen molar-refractivity contribution < 1.29 is 4.39 Å². The molecular formula is C17H22FN3. The summed E-state index contributed by atoms with van der Waals surface area (Å²) in [4.78, 5) is 6.52. The highest BCUT2D eigenvalue weighted by molar-refractivity contribution is 5.46. The molecule has 0 aliphatic carbocycles. The van der Waals surface area contributed by atoms with E-state index in [1.165, 1.54) is 6.07 Å². The van der Waals surface area contributed by atoms with Crippen molar-refractivity contribution in [1.82, 2.24) is 10.3 Å². The average Bonchev–Trinajstić information content (AvgIpc) is 2.48. The number of hydrogen-bond donors (Lipinski definition) is 1. The van der Waals surface area contributed by atoms with Crippen molar-refractivity contribution in [1.29, 1.82) is 0 Å². The van der Waals surface area contributed by atoms with Gasteiger partial charge in [-0.25, -0.2) is 9.37 Å². The molecule has 0 atom stereocenters. The minimum absolute atomic E-state index is 0.202. The summed E-state index contributed by atoms with van der Waals surface area (Å²) >= 11 is 0. The third-order valence-corrected chi connectivity index (χ3v) is 3.28. The maximum absolute atomic E-state index is 13.3. The van der Waals surface area contributed by atoms with Crippen LogP contribution in [0.5, 0.6) is 0 Å². The van der Waals surface area contributed by atoms with Gasteiger partial charge in [-0.05, 0) is 36.7 Å². The van der Waals surface area contributed by atoms with Gasteiger partial charge >= 0.3 is 0 Å². The van der Waals surface area contributed by atoms with E-state index in [0.29, 0.717) is 6.54 Å². The molecule has 0 saturated heterocycles. The van der Waals surface area contributed by atoms with E-state index in [1.807, 2.05) is 19.2 Å². The quantitative estimate of drug-likeness (QED) is 0.792. The highest BCUT2D eigenvalue weighted by Crippen LogP contribution is 2.18. The Morgan fingerprint density at radius 2 is 2.10 bits per heavy atom. The molecule has 0 amide bonds. The first-order chi connectivity index (χ1) is 10.2. The molecule has 112 valence electrons. The Kier molecular flexibility index (Phi) is 5.69. The smallest absolute Gasteiger partial charge is 0.133 e. The molecule has 0 saturated carbocycles. The van der Waals surface area contributed by atoms with Gasteiger partial charge in [-0.3, -0.25) is 0 Å². The SMILES string of the molecule is CCCNCc1cccnc1N(C)Cc1cccc(F)c1. The second-order valence-corrected chi connectivity index (χ2v) is 5.15. The lowest BCUT2D eigenvalue weighted by Gasteiger charge is -2.21. The van der Waals surface area contributed by atoms with Crippen molar-refractivity contribution in [2.75, 3.05) is 18.5 Å². The van der Waals surface area contributed by atoms with Gasteiger partial charge in [0, 0.05) is 31.9 Å². The van der Waals surface area contributed by atoms with Crippen LogP contribution in [-0.2, 0) is 13.1 Å². The number of hydrogen-bond acceptors (Lipinski definition) is 3. The minimum Gasteiger partial charge on any atom is -0.355 e. The van der Waals surface area contributed by atoms with Crippen LogP contribution in [0.3, 0.4) is 0 Å². The molecule has 21 heavy (non-hydrogen) atoms. The lowest BCUT2D eigenvalue weighted by molar-refractivity contribution is 0.625. The molecule has 2 rings (SSSR count). The van der Waals surface area contributed by atoms with Crippen molar-refractivity contribution in [3.63, 3.8) is 0 Å². The number of nitrogens with one attached hydrogen (secondary N) is 1. The third kappa shape index (κ3) is 4.53. The van der Waals surface area contributed by atoms with Gasteiger partial charge in [0.1, 0.15) is 11.6 Å². The molecule has 1 heterocycles. The van der Waals surface area contributed by atoms with E-state index in [4.69, 9.17) is 0 Å². The molecule has 1 aromatic heterocycles. The first-order valence-electron chi connectivity index (χ1n) is 7.31. The summed E-state index contributed by atoms with van der Waals surface area (Å²) in [6, 6.07) is 10.7. The van der Waals surface area contributed by atoms with Crippen molar-refractivity contribution in [2.24, 2.45) is 0 Å². The Hall–Kier alpha value is -1.94. The van der Waals surface area contributed by atoms with Crippen LogP contribution in [0.15, 0.2) is 42.6 Å². The van der Waals surface area contributed by atoms with Gasteiger partial charge < -0.3 is 10.2 Å². The highest BCUT2D eigenvalue weighted by Gasteiger charge is 2.09. The van der Waals surface area contributed by atoms with Crippen LogP contribution in [-0.4, -0.2) is 18.6 Å². The van der Waals surface area contributed by atoms with Gasteiger partial charge in [-0.2, -0.15) is 0 Å². The lowest BCUT2D eigenvalue weighted by atomic mass is 10.2. The van der Waals surface area contributed by atoms with Gasteiger partial charge in [0.15, 0.2) is 0 Å². The Balaban J connectivity index is 2.09. The Bertz CT molecular complexity index is 571. The minimum atomic E-state index is -0.202. The van der Waals surface area contributed by atoms with Crippen LogP contribution >= 0.6 is 0 Å². The van der Waals surface area contributed by atoms with Crippen molar-refractivity contribution in [3.8, 4) is 0 Å². The molecule has 4 heteroatoms. The Morgan fingerprint density at radius 3 is 2.86 bits per heavy atom. The normalized spacial score (nSPS) is 10.6. The summed E-state index contributed by atoms with van der Waals surface area (Å²) in [5.41, 5.74) is 2.10. The van der Waals surface area contributed by atoms with E-state index in [0.717, 1.165) is 36.5 Å². The van der Waals surface area contributed by atoms with E-state index in [1.54, 1.807) is 18.3 Å². The molecule has 0 aliphatic heterocycles. The van der Waals surface area contributed by atoms with E-state index < -0.39 is 0 Å². The van der Waals surface area contributed by atoms with Crippen molar-refractivity contribution >= 4 is 5.82 Å². The topological polar surface area (TPSA) is 28.2 Å². The fraction of sp³-hybridized carbons (Fsp3) is 0.353. The van der Waals surface area contributed by atoms with Crippen LogP contribution in [0.4, 0.5) is 10.2 Å². The Labute approximate surface area is 125 Å². The summed E-state index contributed by atoms with van der Waals surface area (Å²) < 4.78 is 13.3. The zero-order chi connectivity index (χ0) is 15.1. The van der Waals surface area contributed by atoms with Crippen molar-refractivity contribution in [3.05, 3.63) is 59.5 Å². The molecule has 0 spiro atoms. The van der Waals surface area contributed by atoms with Crippen LogP contribution < -0.4 is 10.2 Å². The standard InChI is InChI=1S/C17H22FN3/c1-3-9-19-12-15-7-5-10-20-17(15)21(2)13-14-6-4-8-16(18)11-14/h4-8,10-11,19H,3,9,12-13H2,1-2H3. The summed E-state index contributed by atoms with van der Waals surface area (Å²) in [5, 5.41) is 3.39. The maximum atomic E-state index is 13.3. The fourth-order valence-corrected chi connectivity index (χ4v) is 2.30. The van der Waals surface area contributed by atoms with Gasteiger partial charge in [0.25, 0.3) is 0 Å². The number of halogens is 1. The third-order valence-electron chi connectivity index (χ3n) is 3.28. The van der Waals surface area contributed by atoms with Crippen LogP contribution in [0.25, 0.3) is 0 Å². The van der Waals surface area contributed by atoms with E-state index in [2.05, 4.69) is 28.2 Å². The van der Waals surface area contributed by atoms with Gasteiger partial charge in [-0.15, -0.1) is 0 Å². The van der Waals surface area contributed by atoms with Gasteiger partial charge in [0.2, 0.25) is 0 Å². The number of anilines is 1. The van der Waals surface area contributed by atoms with E-state index in [-0.39, 0.29) is 5.82 Å². The van der Waals surface area contributed by atoms with Gasteiger partial charge in [0.05, 0.1) is 0 Å². The predicted molar refractivity (Wildman–Crippen MR) is 84.7 cm³/mol. The summed E-state index contributed by atoms with van der Waals surface area (Å²) in [6.45, 7) is 4.56. The average molecular weight is 287 g/mol. The second kappa shape index (κ2) is 7.74. The first kappa shape index (κ1) is 15.4. The molecule has 0 radical (unpaired) electrons. The van der Waals surface area contributed by atoms with E-state index in [9.17, 15) is 4.39 Å². The molecule has 3 nitrogen and oxygen atoms in total. The van der Waals surface area contributed by atoms with Crippen LogP contribution in [0.1, 0.15) is 24.5 Å². The molecule has 0 fully saturated rings. The largest absolute Gasteiger partial charge is 0.355 e. The molecule has 1 N–H and O–H groups in total. The molecule has 1 aromatic carbocycles. The monoisotopic (exact) mass is 287 g/mol. The Morgan fingerprint density at radius 1 is 1.24 bits per heavy atom. The van der Waals surface area contributed by atoms with E-state index >= 15 is 0 Å². The van der Waals surface area contributed by atoms with Gasteiger partial charge in [-0.1, -0.05) is 25.1 Å². The molecule has 0 unspecified atom stereocenters. The molecule has 0 bridgehead atoms. The number of pyridine rings is 1. The van der Waals surface area contributed by atoms with Crippen LogP contribution in [0.2, 0.25) is 0 Å². The maximum Gasteiger partial charge on any atom is 0.133 e. The zero-order valence-corrected chi connectivity index (χ0v) is 12.6. The zero-order valence-electron chi connectivity index (χ0n) is 12.6. The summed E-state index contributed by atoms with van der Waals surface area (Å²) in [6.07, 6.45) is 2.90. The number of rotatable bonds is 7. The van der Waals surface area contributed by atoms with Crippen molar-refractivity contribution in [2.45, 2.75) is 26.4 Å². The lowest BCUT2D eigenvalue weighted by Crippen LogP contribution is -2.22. The summed E-state index contributed by atoms with van der Waals surface area (Å²) in [7, 11) is 1.98. The number of nitrogens with zero attached hydrogens (tertiary/aromatic N) is 2. The molecule has 2 aromatic rings. The van der Waals surface area contributed by atoms with Crippen LogP contribution in [0, 0.1) is 5.82 Å². The second-order valence-electron chi connectivity index (χ2n) is 5.15. The number of aromatic nitrogens is 1.